The first-order valence-corrected chi connectivity index (χ1v) is 8.06. The summed E-state index contributed by atoms with van der Waals surface area (Å²) in [6, 6.07) is 5.18. The van der Waals surface area contributed by atoms with Gasteiger partial charge in [0.25, 0.3) is 5.91 Å². The molecule has 1 saturated carbocycles. The van der Waals surface area contributed by atoms with Gasteiger partial charge in [-0.2, -0.15) is 0 Å². The first kappa shape index (κ1) is 15.1. The van der Waals surface area contributed by atoms with Crippen LogP contribution in [0, 0.1) is 5.41 Å². The standard InChI is InChI=1S/C14H16BrCl2NO/c15-11-7-10(3-4-12(11)17)13(19)18-9-14(8-16)5-1-2-6-14/h3-4,7H,1-2,5-6,8-9H2,(H,18,19). The molecular weight excluding hydrogens is 349 g/mol. The summed E-state index contributed by atoms with van der Waals surface area (Å²) >= 11 is 15.3. The van der Waals surface area contributed by atoms with Gasteiger partial charge in [0.1, 0.15) is 0 Å². The summed E-state index contributed by atoms with van der Waals surface area (Å²) in [5.41, 5.74) is 0.694. The minimum Gasteiger partial charge on any atom is -0.351 e. The van der Waals surface area contributed by atoms with E-state index in [4.69, 9.17) is 23.2 Å². The van der Waals surface area contributed by atoms with Gasteiger partial charge in [0, 0.05) is 27.9 Å². The molecule has 0 heterocycles. The number of amides is 1. The van der Waals surface area contributed by atoms with Crippen LogP contribution >= 0.6 is 39.1 Å². The van der Waals surface area contributed by atoms with Crippen LogP contribution in [0.2, 0.25) is 5.02 Å². The summed E-state index contributed by atoms with van der Waals surface area (Å²) in [4.78, 5) is 12.1. The van der Waals surface area contributed by atoms with Crippen LogP contribution in [-0.4, -0.2) is 18.3 Å². The number of hydrogen-bond acceptors (Lipinski definition) is 1. The van der Waals surface area contributed by atoms with Gasteiger partial charge >= 0.3 is 0 Å². The smallest absolute Gasteiger partial charge is 0.251 e. The summed E-state index contributed by atoms with van der Waals surface area (Å²) in [6.45, 7) is 0.648. The lowest BCUT2D eigenvalue weighted by molar-refractivity contribution is 0.0935. The van der Waals surface area contributed by atoms with Gasteiger partial charge in [0.2, 0.25) is 0 Å². The highest BCUT2D eigenvalue weighted by atomic mass is 79.9. The molecule has 104 valence electrons. The summed E-state index contributed by atoms with van der Waals surface area (Å²) in [7, 11) is 0. The van der Waals surface area contributed by atoms with Crippen LogP contribution in [0.3, 0.4) is 0 Å². The lowest BCUT2D eigenvalue weighted by atomic mass is 9.88. The fourth-order valence-corrected chi connectivity index (χ4v) is 3.35. The van der Waals surface area contributed by atoms with E-state index in [1.165, 1.54) is 12.8 Å². The van der Waals surface area contributed by atoms with Crippen molar-refractivity contribution in [3.8, 4) is 0 Å². The van der Waals surface area contributed by atoms with Crippen molar-refractivity contribution in [3.05, 3.63) is 33.3 Å². The molecule has 1 amide bonds. The third kappa shape index (κ3) is 3.65. The highest BCUT2D eigenvalue weighted by Gasteiger charge is 2.33. The average molecular weight is 365 g/mol. The Morgan fingerprint density at radius 2 is 2.05 bits per heavy atom. The molecule has 0 spiro atoms. The highest BCUT2D eigenvalue weighted by Crippen LogP contribution is 2.38. The number of nitrogens with one attached hydrogen (secondary N) is 1. The summed E-state index contributed by atoms with van der Waals surface area (Å²) in [6.07, 6.45) is 4.60. The second-order valence-corrected chi connectivity index (χ2v) is 6.68. The number of benzene rings is 1. The van der Waals surface area contributed by atoms with Gasteiger partial charge in [-0.3, -0.25) is 4.79 Å². The van der Waals surface area contributed by atoms with Gasteiger partial charge in [0.05, 0.1) is 5.02 Å². The van der Waals surface area contributed by atoms with Crippen molar-refractivity contribution in [2.45, 2.75) is 25.7 Å². The Hall–Kier alpha value is -0.250. The van der Waals surface area contributed by atoms with Crippen LogP contribution in [0.1, 0.15) is 36.0 Å². The fourth-order valence-electron chi connectivity index (χ4n) is 2.49. The minimum atomic E-state index is -0.0752. The zero-order chi connectivity index (χ0) is 13.9. The Morgan fingerprint density at radius 1 is 1.37 bits per heavy atom. The van der Waals surface area contributed by atoms with E-state index in [1.807, 2.05) is 0 Å². The monoisotopic (exact) mass is 363 g/mol. The molecule has 1 N–H and O–H groups in total. The maximum atomic E-state index is 12.1. The van der Waals surface area contributed by atoms with Crippen molar-refractivity contribution in [3.63, 3.8) is 0 Å². The molecule has 2 nitrogen and oxygen atoms in total. The highest BCUT2D eigenvalue weighted by molar-refractivity contribution is 9.10. The molecule has 1 aliphatic carbocycles. The Kier molecular flexibility index (Phi) is 5.15. The molecule has 0 radical (unpaired) electrons. The van der Waals surface area contributed by atoms with Crippen LogP contribution in [-0.2, 0) is 0 Å². The number of hydrogen-bond donors (Lipinski definition) is 1. The van der Waals surface area contributed by atoms with Crippen molar-refractivity contribution in [1.82, 2.24) is 5.32 Å². The fraction of sp³-hybridized carbons (Fsp3) is 0.500. The molecule has 0 aromatic heterocycles. The summed E-state index contributed by atoms with van der Waals surface area (Å²) in [5.74, 6) is 0.533. The number of halogens is 3. The molecule has 0 bridgehead atoms. The topological polar surface area (TPSA) is 29.1 Å². The lowest BCUT2D eigenvalue weighted by Crippen LogP contribution is -2.37. The molecule has 2 rings (SSSR count). The Bertz CT molecular complexity index is 473. The molecule has 1 aliphatic rings. The van der Waals surface area contributed by atoms with Crippen molar-refractivity contribution in [2.24, 2.45) is 5.41 Å². The predicted molar refractivity (Wildman–Crippen MR) is 83.1 cm³/mol. The van der Waals surface area contributed by atoms with Gasteiger partial charge in [0.15, 0.2) is 0 Å². The van der Waals surface area contributed by atoms with E-state index in [0.717, 1.165) is 17.3 Å². The van der Waals surface area contributed by atoms with E-state index in [0.29, 0.717) is 23.0 Å². The normalized spacial score (nSPS) is 17.4. The van der Waals surface area contributed by atoms with E-state index < -0.39 is 0 Å². The maximum Gasteiger partial charge on any atom is 0.251 e. The van der Waals surface area contributed by atoms with Gasteiger partial charge in [-0.15, -0.1) is 11.6 Å². The van der Waals surface area contributed by atoms with Gasteiger partial charge in [-0.05, 0) is 47.0 Å². The third-order valence-corrected chi connectivity index (χ3v) is 5.53. The molecule has 0 unspecified atom stereocenters. The maximum absolute atomic E-state index is 12.1. The zero-order valence-electron chi connectivity index (χ0n) is 10.5. The number of alkyl halides is 1. The molecular formula is C14H16BrCl2NO. The molecule has 5 heteroatoms. The summed E-state index contributed by atoms with van der Waals surface area (Å²) in [5, 5.41) is 3.59. The van der Waals surface area contributed by atoms with Gasteiger partial charge < -0.3 is 5.32 Å². The Morgan fingerprint density at radius 3 is 2.63 bits per heavy atom. The molecule has 1 fully saturated rings. The molecule has 1 aromatic carbocycles. The quantitative estimate of drug-likeness (QED) is 0.775. The van der Waals surface area contributed by atoms with Crippen molar-refractivity contribution < 1.29 is 4.79 Å². The molecule has 1 aromatic rings. The van der Waals surface area contributed by atoms with Crippen LogP contribution in [0.5, 0.6) is 0 Å². The second-order valence-electron chi connectivity index (χ2n) is 5.15. The largest absolute Gasteiger partial charge is 0.351 e. The number of rotatable bonds is 4. The van der Waals surface area contributed by atoms with E-state index in [9.17, 15) is 4.79 Å². The summed E-state index contributed by atoms with van der Waals surface area (Å²) < 4.78 is 0.731. The third-order valence-electron chi connectivity index (χ3n) is 3.75. The Balaban J connectivity index is 1.99. The first-order valence-electron chi connectivity index (χ1n) is 6.36. The van der Waals surface area contributed by atoms with E-state index >= 15 is 0 Å². The van der Waals surface area contributed by atoms with Gasteiger partial charge in [-0.1, -0.05) is 24.4 Å². The lowest BCUT2D eigenvalue weighted by Gasteiger charge is -2.26. The van der Waals surface area contributed by atoms with Crippen LogP contribution in [0.4, 0.5) is 0 Å². The average Bonchev–Trinajstić information content (AvgIpc) is 2.89. The van der Waals surface area contributed by atoms with Crippen molar-refractivity contribution in [1.29, 1.82) is 0 Å². The van der Waals surface area contributed by atoms with Crippen molar-refractivity contribution >= 4 is 45.0 Å². The van der Waals surface area contributed by atoms with Crippen molar-refractivity contribution in [2.75, 3.05) is 12.4 Å². The van der Waals surface area contributed by atoms with Gasteiger partial charge in [-0.25, -0.2) is 0 Å². The predicted octanol–water partition coefficient (Wildman–Crippen LogP) is 4.63. The second kappa shape index (κ2) is 6.47. The Labute approximate surface area is 132 Å². The van der Waals surface area contributed by atoms with E-state index in [1.54, 1.807) is 18.2 Å². The van der Waals surface area contributed by atoms with E-state index in [-0.39, 0.29) is 11.3 Å². The first-order chi connectivity index (χ1) is 9.06. The number of carbonyl (C=O) groups excluding carboxylic acids is 1. The SMILES string of the molecule is O=C(NCC1(CCl)CCCC1)c1ccc(Cl)c(Br)c1. The molecule has 0 atom stereocenters. The zero-order valence-corrected chi connectivity index (χ0v) is 13.6. The van der Waals surface area contributed by atoms with Crippen LogP contribution in [0.25, 0.3) is 0 Å². The van der Waals surface area contributed by atoms with Crippen LogP contribution in [0.15, 0.2) is 22.7 Å². The minimum absolute atomic E-state index is 0.0752. The van der Waals surface area contributed by atoms with Crippen LogP contribution < -0.4 is 5.32 Å². The number of carbonyl (C=O) groups is 1. The molecule has 19 heavy (non-hydrogen) atoms. The molecule has 0 aliphatic heterocycles. The van der Waals surface area contributed by atoms with E-state index in [2.05, 4.69) is 21.2 Å². The molecule has 0 saturated heterocycles.